The standard InChI is InChI=1S/C12H11ClN2O3/c1-3-5-14(4-2)12(16)9-6-10(13)8-11(7-9)15(17)18/h1,6-8H,4-5H2,2H3. The predicted octanol–water partition coefficient (Wildman–Crippen LogP) is 2.34. The lowest BCUT2D eigenvalue weighted by Gasteiger charge is -2.17. The Labute approximate surface area is 109 Å². The molecule has 0 radical (unpaired) electrons. The summed E-state index contributed by atoms with van der Waals surface area (Å²) in [6.07, 6.45) is 5.15. The van der Waals surface area contributed by atoms with Crippen molar-refractivity contribution in [2.24, 2.45) is 0 Å². The Balaban J connectivity index is 3.13. The van der Waals surface area contributed by atoms with Crippen molar-refractivity contribution in [1.29, 1.82) is 0 Å². The highest BCUT2D eigenvalue weighted by Crippen LogP contribution is 2.21. The molecule has 0 spiro atoms. The van der Waals surface area contributed by atoms with Gasteiger partial charge in [-0.05, 0) is 13.0 Å². The van der Waals surface area contributed by atoms with E-state index in [9.17, 15) is 14.9 Å². The number of nitrogens with zero attached hydrogens (tertiary/aromatic N) is 2. The molecule has 94 valence electrons. The van der Waals surface area contributed by atoms with Gasteiger partial charge >= 0.3 is 0 Å². The fourth-order valence-electron chi connectivity index (χ4n) is 1.42. The second-order valence-corrected chi connectivity index (χ2v) is 3.92. The first kappa shape index (κ1) is 14.0. The van der Waals surface area contributed by atoms with Gasteiger partial charge in [-0.15, -0.1) is 6.42 Å². The molecule has 0 saturated heterocycles. The molecule has 6 heteroatoms. The zero-order valence-corrected chi connectivity index (χ0v) is 10.5. The maximum atomic E-state index is 12.0. The molecule has 0 aromatic heterocycles. The van der Waals surface area contributed by atoms with Crippen molar-refractivity contribution in [3.05, 3.63) is 38.9 Å². The maximum Gasteiger partial charge on any atom is 0.271 e. The number of carbonyl (C=O) groups excluding carboxylic acids is 1. The van der Waals surface area contributed by atoms with E-state index >= 15 is 0 Å². The molecule has 0 aliphatic rings. The average Bonchev–Trinajstić information content (AvgIpc) is 2.34. The van der Waals surface area contributed by atoms with Crippen LogP contribution in [0.25, 0.3) is 0 Å². The molecule has 0 unspecified atom stereocenters. The van der Waals surface area contributed by atoms with Gasteiger partial charge in [-0.3, -0.25) is 14.9 Å². The normalized spacial score (nSPS) is 9.61. The van der Waals surface area contributed by atoms with E-state index in [1.165, 1.54) is 23.1 Å². The van der Waals surface area contributed by atoms with Crippen molar-refractivity contribution in [1.82, 2.24) is 4.90 Å². The molecule has 0 aliphatic carbocycles. The molecule has 1 rings (SSSR count). The molecule has 0 saturated carbocycles. The predicted molar refractivity (Wildman–Crippen MR) is 68.5 cm³/mol. The molecule has 0 atom stereocenters. The first-order valence-corrected chi connectivity index (χ1v) is 5.55. The SMILES string of the molecule is C#CCN(CC)C(=O)c1cc(Cl)cc([N+](=O)[O-])c1. The largest absolute Gasteiger partial charge is 0.328 e. The van der Waals surface area contributed by atoms with Crippen LogP contribution >= 0.6 is 11.6 Å². The monoisotopic (exact) mass is 266 g/mol. The van der Waals surface area contributed by atoms with E-state index in [-0.39, 0.29) is 28.7 Å². The Morgan fingerprint density at radius 1 is 1.56 bits per heavy atom. The van der Waals surface area contributed by atoms with E-state index in [1.54, 1.807) is 6.92 Å². The number of rotatable bonds is 4. The van der Waals surface area contributed by atoms with Gasteiger partial charge in [0.05, 0.1) is 11.5 Å². The summed E-state index contributed by atoms with van der Waals surface area (Å²) in [4.78, 5) is 23.5. The molecule has 0 bridgehead atoms. The molecule has 18 heavy (non-hydrogen) atoms. The Morgan fingerprint density at radius 2 is 2.22 bits per heavy atom. The minimum absolute atomic E-state index is 0.143. The second kappa shape index (κ2) is 6.03. The molecule has 0 aliphatic heterocycles. The fourth-order valence-corrected chi connectivity index (χ4v) is 1.65. The number of benzene rings is 1. The van der Waals surface area contributed by atoms with Crippen LogP contribution < -0.4 is 0 Å². The van der Waals surface area contributed by atoms with Gasteiger partial charge in [-0.1, -0.05) is 17.5 Å². The molecule has 1 aromatic carbocycles. The Morgan fingerprint density at radius 3 is 2.72 bits per heavy atom. The summed E-state index contributed by atoms with van der Waals surface area (Å²) in [7, 11) is 0. The molecule has 1 amide bonds. The van der Waals surface area contributed by atoms with Crippen molar-refractivity contribution >= 4 is 23.2 Å². The van der Waals surface area contributed by atoms with Crippen LogP contribution in [0.15, 0.2) is 18.2 Å². The van der Waals surface area contributed by atoms with Gasteiger partial charge in [0.1, 0.15) is 0 Å². The van der Waals surface area contributed by atoms with Crippen molar-refractivity contribution in [2.75, 3.05) is 13.1 Å². The summed E-state index contributed by atoms with van der Waals surface area (Å²) in [6.45, 7) is 2.34. The van der Waals surface area contributed by atoms with Gasteiger partial charge in [0.2, 0.25) is 0 Å². The van der Waals surface area contributed by atoms with E-state index in [1.807, 2.05) is 0 Å². The number of halogens is 1. The molecule has 0 heterocycles. The molecule has 5 nitrogen and oxygen atoms in total. The Bertz CT molecular complexity index is 523. The van der Waals surface area contributed by atoms with E-state index in [0.29, 0.717) is 6.54 Å². The van der Waals surface area contributed by atoms with Gasteiger partial charge in [0.15, 0.2) is 0 Å². The van der Waals surface area contributed by atoms with Crippen LogP contribution in [0.1, 0.15) is 17.3 Å². The highest BCUT2D eigenvalue weighted by Gasteiger charge is 2.17. The van der Waals surface area contributed by atoms with Crippen LogP contribution in [0.2, 0.25) is 5.02 Å². The number of nitro benzene ring substituents is 1. The van der Waals surface area contributed by atoms with Crippen molar-refractivity contribution in [3.63, 3.8) is 0 Å². The summed E-state index contributed by atoms with van der Waals surface area (Å²) in [5.74, 6) is 1.99. The van der Waals surface area contributed by atoms with Crippen LogP contribution in [-0.2, 0) is 0 Å². The zero-order valence-electron chi connectivity index (χ0n) is 9.72. The molecular formula is C12H11ClN2O3. The third-order valence-corrected chi connectivity index (χ3v) is 2.51. The van der Waals surface area contributed by atoms with Gasteiger partial charge < -0.3 is 4.90 Å². The van der Waals surface area contributed by atoms with Gasteiger partial charge in [0.25, 0.3) is 11.6 Å². The third-order valence-electron chi connectivity index (χ3n) is 2.29. The fraction of sp³-hybridized carbons (Fsp3) is 0.250. The van der Waals surface area contributed by atoms with Crippen LogP contribution in [0, 0.1) is 22.5 Å². The first-order valence-electron chi connectivity index (χ1n) is 5.17. The van der Waals surface area contributed by atoms with Gasteiger partial charge in [-0.25, -0.2) is 0 Å². The average molecular weight is 267 g/mol. The smallest absolute Gasteiger partial charge is 0.271 e. The third kappa shape index (κ3) is 3.22. The van der Waals surface area contributed by atoms with E-state index in [0.717, 1.165) is 0 Å². The molecular weight excluding hydrogens is 256 g/mol. The number of carbonyl (C=O) groups is 1. The number of nitro groups is 1. The van der Waals surface area contributed by atoms with Gasteiger partial charge in [0, 0.05) is 29.3 Å². The minimum atomic E-state index is -0.597. The van der Waals surface area contributed by atoms with E-state index in [2.05, 4.69) is 5.92 Å². The van der Waals surface area contributed by atoms with Crippen molar-refractivity contribution < 1.29 is 9.72 Å². The topological polar surface area (TPSA) is 63.5 Å². The zero-order chi connectivity index (χ0) is 13.7. The maximum absolute atomic E-state index is 12.0. The quantitative estimate of drug-likeness (QED) is 0.477. The number of terminal acetylenes is 1. The number of hydrogen-bond donors (Lipinski definition) is 0. The highest BCUT2D eigenvalue weighted by molar-refractivity contribution is 6.31. The summed E-state index contributed by atoms with van der Waals surface area (Å²) >= 11 is 5.75. The van der Waals surface area contributed by atoms with Crippen LogP contribution in [0.4, 0.5) is 5.69 Å². The second-order valence-electron chi connectivity index (χ2n) is 3.48. The summed E-state index contributed by atoms with van der Waals surface area (Å²) in [6, 6.07) is 3.76. The van der Waals surface area contributed by atoms with E-state index in [4.69, 9.17) is 18.0 Å². The highest BCUT2D eigenvalue weighted by atomic mass is 35.5. The van der Waals surface area contributed by atoms with Crippen LogP contribution in [0.3, 0.4) is 0 Å². The Kier molecular flexibility index (Phi) is 4.69. The van der Waals surface area contributed by atoms with Crippen LogP contribution in [-0.4, -0.2) is 28.8 Å². The van der Waals surface area contributed by atoms with Crippen molar-refractivity contribution in [2.45, 2.75) is 6.92 Å². The minimum Gasteiger partial charge on any atom is -0.328 e. The number of hydrogen-bond acceptors (Lipinski definition) is 3. The lowest BCUT2D eigenvalue weighted by molar-refractivity contribution is -0.384. The summed E-state index contributed by atoms with van der Waals surface area (Å²) < 4.78 is 0. The van der Waals surface area contributed by atoms with Crippen molar-refractivity contribution in [3.8, 4) is 12.3 Å². The van der Waals surface area contributed by atoms with Crippen LogP contribution in [0.5, 0.6) is 0 Å². The molecule has 0 fully saturated rings. The molecule has 1 aromatic rings. The number of amides is 1. The lowest BCUT2D eigenvalue weighted by atomic mass is 10.1. The first-order chi connectivity index (χ1) is 8.49. The molecule has 0 N–H and O–H groups in total. The summed E-state index contributed by atoms with van der Waals surface area (Å²) in [5.41, 5.74) is -0.0612. The van der Waals surface area contributed by atoms with E-state index < -0.39 is 4.92 Å². The van der Waals surface area contributed by atoms with Gasteiger partial charge in [-0.2, -0.15) is 0 Å². The lowest BCUT2D eigenvalue weighted by Crippen LogP contribution is -2.31. The Hall–Kier alpha value is -2.06. The summed E-state index contributed by atoms with van der Waals surface area (Å²) in [5, 5.41) is 10.8. The number of non-ortho nitro benzene ring substituents is 1.